The molecule has 1 atom stereocenters. The molecule has 0 radical (unpaired) electrons. The van der Waals surface area contributed by atoms with Crippen molar-refractivity contribution in [2.24, 2.45) is 0 Å². The van der Waals surface area contributed by atoms with Gasteiger partial charge < -0.3 is 0 Å². The first-order valence-electron chi connectivity index (χ1n) is 4.86. The zero-order chi connectivity index (χ0) is 12.4. The largest absolute Gasteiger partial charge is 0.291 e. The topological polar surface area (TPSA) is 40.9 Å². The highest BCUT2D eigenvalue weighted by Crippen LogP contribution is 2.33. The van der Waals surface area contributed by atoms with E-state index >= 15 is 0 Å². The molecule has 0 aliphatic carbocycles. The minimum Gasteiger partial charge on any atom is -0.291 e. The highest BCUT2D eigenvalue weighted by Gasteiger charge is 2.26. The van der Waals surface area contributed by atoms with Gasteiger partial charge in [0, 0.05) is 4.88 Å². The number of nitriles is 1. The summed E-state index contributed by atoms with van der Waals surface area (Å²) in [5.41, 5.74) is 0.878. The zero-order valence-corrected chi connectivity index (χ0v) is 11.3. The first-order chi connectivity index (χ1) is 8.15. The second-order valence-corrected chi connectivity index (χ2v) is 5.74. The SMILES string of the molecule is Cc1csc(C(=O)C(C#N)c2cccs2)c1Cl. The summed E-state index contributed by atoms with van der Waals surface area (Å²) >= 11 is 8.76. The van der Waals surface area contributed by atoms with Crippen LogP contribution in [0.25, 0.3) is 0 Å². The molecule has 2 aromatic heterocycles. The summed E-state index contributed by atoms with van der Waals surface area (Å²) in [5.74, 6) is -0.955. The fourth-order valence-electron chi connectivity index (χ4n) is 1.43. The Morgan fingerprint density at radius 2 is 2.29 bits per heavy atom. The van der Waals surface area contributed by atoms with Crippen LogP contribution < -0.4 is 0 Å². The number of thiophene rings is 2. The van der Waals surface area contributed by atoms with Crippen molar-refractivity contribution in [1.29, 1.82) is 5.26 Å². The highest BCUT2D eigenvalue weighted by molar-refractivity contribution is 7.13. The van der Waals surface area contributed by atoms with Gasteiger partial charge in [-0.2, -0.15) is 5.26 Å². The second kappa shape index (κ2) is 5.01. The molecule has 2 heterocycles. The van der Waals surface area contributed by atoms with Gasteiger partial charge in [-0.1, -0.05) is 17.7 Å². The molecule has 5 heteroatoms. The maximum atomic E-state index is 12.2. The number of nitrogens with zero attached hydrogens (tertiary/aromatic N) is 1. The van der Waals surface area contributed by atoms with Crippen LogP contribution in [0.3, 0.4) is 0 Å². The van der Waals surface area contributed by atoms with Crippen molar-refractivity contribution in [3.05, 3.63) is 43.2 Å². The lowest BCUT2D eigenvalue weighted by molar-refractivity contribution is 0.0984. The molecule has 0 saturated carbocycles. The van der Waals surface area contributed by atoms with Crippen LogP contribution in [0.4, 0.5) is 0 Å². The number of hydrogen-bond acceptors (Lipinski definition) is 4. The fourth-order valence-corrected chi connectivity index (χ4v) is 3.46. The number of carbonyl (C=O) groups excluding carboxylic acids is 1. The molecule has 2 aromatic rings. The van der Waals surface area contributed by atoms with E-state index in [1.54, 1.807) is 6.07 Å². The van der Waals surface area contributed by atoms with Crippen LogP contribution in [0.15, 0.2) is 22.9 Å². The average Bonchev–Trinajstić information content (AvgIpc) is 2.92. The van der Waals surface area contributed by atoms with E-state index in [1.807, 2.05) is 29.8 Å². The third-order valence-electron chi connectivity index (χ3n) is 2.34. The minimum absolute atomic E-state index is 0.210. The lowest BCUT2D eigenvalue weighted by Gasteiger charge is -2.04. The maximum absolute atomic E-state index is 12.2. The van der Waals surface area contributed by atoms with Gasteiger partial charge in [0.05, 0.1) is 16.0 Å². The van der Waals surface area contributed by atoms with Gasteiger partial charge in [-0.05, 0) is 29.3 Å². The minimum atomic E-state index is -0.745. The zero-order valence-electron chi connectivity index (χ0n) is 8.94. The molecule has 2 rings (SSSR count). The molecule has 0 aliphatic heterocycles. The van der Waals surface area contributed by atoms with E-state index in [0.29, 0.717) is 9.90 Å². The molecule has 1 unspecified atom stereocenters. The number of carbonyl (C=O) groups is 1. The number of halogens is 1. The van der Waals surface area contributed by atoms with Crippen molar-refractivity contribution in [3.8, 4) is 6.07 Å². The smallest absolute Gasteiger partial charge is 0.196 e. The molecule has 0 aromatic carbocycles. The van der Waals surface area contributed by atoms with E-state index in [0.717, 1.165) is 10.4 Å². The van der Waals surface area contributed by atoms with E-state index in [1.165, 1.54) is 22.7 Å². The van der Waals surface area contributed by atoms with E-state index < -0.39 is 5.92 Å². The summed E-state index contributed by atoms with van der Waals surface area (Å²) in [6.07, 6.45) is 0. The van der Waals surface area contributed by atoms with Crippen molar-refractivity contribution in [3.63, 3.8) is 0 Å². The Morgan fingerprint density at radius 3 is 2.76 bits per heavy atom. The van der Waals surface area contributed by atoms with Gasteiger partial charge in [0.1, 0.15) is 5.92 Å². The third kappa shape index (κ3) is 2.27. The Balaban J connectivity index is 2.38. The van der Waals surface area contributed by atoms with E-state index in [-0.39, 0.29) is 5.78 Å². The molecule has 0 fully saturated rings. The maximum Gasteiger partial charge on any atom is 0.196 e. The van der Waals surface area contributed by atoms with Crippen molar-refractivity contribution >= 4 is 40.1 Å². The van der Waals surface area contributed by atoms with Crippen LogP contribution in [0.1, 0.15) is 26.0 Å². The first kappa shape index (κ1) is 12.3. The second-order valence-electron chi connectivity index (χ2n) is 3.50. The molecule has 0 bridgehead atoms. The predicted octanol–water partition coefficient (Wildman–Crippen LogP) is 4.26. The standard InChI is InChI=1S/C12H8ClNOS2/c1-7-6-17-12(10(7)13)11(15)8(5-14)9-3-2-4-16-9/h2-4,6,8H,1H3. The number of rotatable bonds is 3. The van der Waals surface area contributed by atoms with Gasteiger partial charge in [-0.3, -0.25) is 4.79 Å². The summed E-state index contributed by atoms with van der Waals surface area (Å²) in [4.78, 5) is 13.5. The van der Waals surface area contributed by atoms with Gasteiger partial charge in [0.2, 0.25) is 0 Å². The molecule has 0 amide bonds. The Kier molecular flexibility index (Phi) is 3.63. The summed E-state index contributed by atoms with van der Waals surface area (Å²) in [7, 11) is 0. The summed E-state index contributed by atoms with van der Waals surface area (Å²) in [6, 6.07) is 5.68. The number of hydrogen-bond donors (Lipinski definition) is 0. The van der Waals surface area contributed by atoms with Gasteiger partial charge >= 0.3 is 0 Å². The lowest BCUT2D eigenvalue weighted by Crippen LogP contribution is -2.08. The van der Waals surface area contributed by atoms with Gasteiger partial charge in [0.15, 0.2) is 5.78 Å². The van der Waals surface area contributed by atoms with E-state index in [4.69, 9.17) is 16.9 Å². The summed E-state index contributed by atoms with van der Waals surface area (Å²) in [5, 5.41) is 13.3. The number of aryl methyl sites for hydroxylation is 1. The average molecular weight is 282 g/mol. The molecular formula is C12H8ClNOS2. The normalized spacial score (nSPS) is 12.1. The van der Waals surface area contributed by atoms with Crippen LogP contribution in [0.2, 0.25) is 5.02 Å². The molecule has 0 saturated heterocycles. The van der Waals surface area contributed by atoms with E-state index in [2.05, 4.69) is 0 Å². The van der Waals surface area contributed by atoms with Crippen molar-refractivity contribution in [2.45, 2.75) is 12.8 Å². The molecule has 2 nitrogen and oxygen atoms in total. The fraction of sp³-hybridized carbons (Fsp3) is 0.167. The molecular weight excluding hydrogens is 274 g/mol. The van der Waals surface area contributed by atoms with Gasteiger partial charge in [-0.25, -0.2) is 0 Å². The van der Waals surface area contributed by atoms with Crippen LogP contribution in [0, 0.1) is 18.3 Å². The van der Waals surface area contributed by atoms with E-state index in [9.17, 15) is 4.79 Å². The highest BCUT2D eigenvalue weighted by atomic mass is 35.5. The number of Topliss-reactive ketones (excluding diaryl/α,β-unsaturated/α-hetero) is 1. The number of ketones is 1. The van der Waals surface area contributed by atoms with Crippen molar-refractivity contribution in [2.75, 3.05) is 0 Å². The Morgan fingerprint density at radius 1 is 1.53 bits per heavy atom. The van der Waals surface area contributed by atoms with Crippen LogP contribution >= 0.6 is 34.3 Å². The molecule has 0 spiro atoms. The van der Waals surface area contributed by atoms with Crippen LogP contribution in [0.5, 0.6) is 0 Å². The molecule has 17 heavy (non-hydrogen) atoms. The first-order valence-corrected chi connectivity index (χ1v) is 6.99. The molecule has 86 valence electrons. The Bertz CT molecular complexity index is 580. The molecule has 0 N–H and O–H groups in total. The monoisotopic (exact) mass is 281 g/mol. The lowest BCUT2D eigenvalue weighted by atomic mass is 10.0. The summed E-state index contributed by atoms with van der Waals surface area (Å²) < 4.78 is 0. The molecule has 0 aliphatic rings. The van der Waals surface area contributed by atoms with Crippen LogP contribution in [-0.2, 0) is 0 Å². The van der Waals surface area contributed by atoms with Gasteiger partial charge in [-0.15, -0.1) is 22.7 Å². The quantitative estimate of drug-likeness (QED) is 0.789. The predicted molar refractivity (Wildman–Crippen MR) is 71.1 cm³/mol. The Labute approximate surface area is 112 Å². The van der Waals surface area contributed by atoms with Crippen molar-refractivity contribution < 1.29 is 4.79 Å². The summed E-state index contributed by atoms with van der Waals surface area (Å²) in [6.45, 7) is 1.85. The van der Waals surface area contributed by atoms with Gasteiger partial charge in [0.25, 0.3) is 0 Å². The van der Waals surface area contributed by atoms with Crippen LogP contribution in [-0.4, -0.2) is 5.78 Å². The van der Waals surface area contributed by atoms with Crippen molar-refractivity contribution in [1.82, 2.24) is 0 Å². The third-order valence-corrected chi connectivity index (χ3v) is 4.99. The Hall–Kier alpha value is -1.15.